The molecule has 20 heavy (non-hydrogen) atoms. The van der Waals surface area contributed by atoms with Gasteiger partial charge in [-0.1, -0.05) is 32.9 Å². The minimum absolute atomic E-state index is 0.0538. The van der Waals surface area contributed by atoms with Crippen LogP contribution in [0.15, 0.2) is 18.2 Å². The number of carbonyl (C=O) groups is 1. The number of nitrogens with two attached hydrogens (primary N) is 1. The molecule has 0 aliphatic rings. The van der Waals surface area contributed by atoms with Gasteiger partial charge in [-0.05, 0) is 30.9 Å². The topological polar surface area (TPSA) is 55.1 Å². The van der Waals surface area contributed by atoms with E-state index in [1.165, 1.54) is 16.9 Å². The molecule has 1 aromatic carbocycles. The summed E-state index contributed by atoms with van der Waals surface area (Å²) in [5, 5.41) is 4.07. The number of thiophene rings is 1. The first-order valence-electron chi connectivity index (χ1n) is 7.03. The van der Waals surface area contributed by atoms with Crippen molar-refractivity contribution in [3.63, 3.8) is 0 Å². The molecular weight excluding hydrogens is 268 g/mol. The Balaban J connectivity index is 2.33. The van der Waals surface area contributed by atoms with Gasteiger partial charge >= 0.3 is 0 Å². The Morgan fingerprint density at radius 1 is 1.40 bits per heavy atom. The molecule has 1 atom stereocenters. The van der Waals surface area contributed by atoms with E-state index >= 15 is 0 Å². The van der Waals surface area contributed by atoms with Crippen LogP contribution in [0.2, 0.25) is 0 Å². The van der Waals surface area contributed by atoms with Gasteiger partial charge in [-0.15, -0.1) is 11.3 Å². The second kappa shape index (κ2) is 5.83. The van der Waals surface area contributed by atoms with Crippen molar-refractivity contribution in [2.75, 3.05) is 5.73 Å². The van der Waals surface area contributed by atoms with Crippen molar-refractivity contribution < 1.29 is 4.79 Å². The highest BCUT2D eigenvalue weighted by molar-refractivity contribution is 7.21. The minimum Gasteiger partial charge on any atom is -0.397 e. The fraction of sp³-hybridized carbons (Fsp3) is 0.438. The van der Waals surface area contributed by atoms with Crippen LogP contribution in [0, 0.1) is 12.8 Å². The Labute approximate surface area is 124 Å². The Hall–Kier alpha value is -1.55. The maximum Gasteiger partial charge on any atom is 0.263 e. The van der Waals surface area contributed by atoms with Crippen molar-refractivity contribution in [3.05, 3.63) is 28.6 Å². The molecule has 0 radical (unpaired) electrons. The average molecular weight is 290 g/mol. The molecule has 1 aromatic heterocycles. The SMILES string of the molecule is CCC(NC(=O)c1sc2cc(C)ccc2c1N)C(C)C. The number of hydrogen-bond acceptors (Lipinski definition) is 3. The number of benzene rings is 1. The second-order valence-electron chi connectivity index (χ2n) is 5.58. The zero-order valence-electron chi connectivity index (χ0n) is 12.5. The molecule has 3 nitrogen and oxygen atoms in total. The zero-order valence-corrected chi connectivity index (χ0v) is 13.3. The standard InChI is InChI=1S/C16H22N2OS/c1-5-12(9(2)3)18-16(19)15-14(17)11-7-6-10(4)8-13(11)20-15/h6-9,12H,5,17H2,1-4H3,(H,18,19). The van der Waals surface area contributed by atoms with Gasteiger partial charge < -0.3 is 11.1 Å². The van der Waals surface area contributed by atoms with E-state index in [0.717, 1.165) is 16.5 Å². The number of anilines is 1. The zero-order chi connectivity index (χ0) is 14.9. The summed E-state index contributed by atoms with van der Waals surface area (Å²) < 4.78 is 1.07. The lowest BCUT2D eigenvalue weighted by molar-refractivity contribution is 0.0929. The molecule has 1 unspecified atom stereocenters. The summed E-state index contributed by atoms with van der Waals surface area (Å²) in [7, 11) is 0. The van der Waals surface area contributed by atoms with E-state index in [2.05, 4.69) is 32.2 Å². The third kappa shape index (κ3) is 2.80. The molecule has 3 N–H and O–H groups in total. The molecule has 0 saturated heterocycles. The predicted octanol–water partition coefficient (Wildman–Crippen LogP) is 3.96. The highest BCUT2D eigenvalue weighted by Crippen LogP contribution is 2.34. The number of rotatable bonds is 4. The molecule has 0 aliphatic carbocycles. The van der Waals surface area contributed by atoms with E-state index in [9.17, 15) is 4.79 Å². The molecule has 4 heteroatoms. The molecule has 2 aromatic rings. The highest BCUT2D eigenvalue weighted by Gasteiger charge is 2.20. The number of hydrogen-bond donors (Lipinski definition) is 2. The summed E-state index contributed by atoms with van der Waals surface area (Å²) in [4.78, 5) is 13.0. The smallest absolute Gasteiger partial charge is 0.263 e. The molecule has 2 rings (SSSR count). The summed E-state index contributed by atoms with van der Waals surface area (Å²) in [6.07, 6.45) is 0.924. The molecule has 1 amide bonds. The van der Waals surface area contributed by atoms with Gasteiger partial charge in [0.15, 0.2) is 0 Å². The fourth-order valence-corrected chi connectivity index (χ4v) is 3.49. The lowest BCUT2D eigenvalue weighted by Gasteiger charge is -2.20. The van der Waals surface area contributed by atoms with Crippen molar-refractivity contribution >= 4 is 33.0 Å². The summed E-state index contributed by atoms with van der Waals surface area (Å²) in [5.74, 6) is 0.365. The summed E-state index contributed by atoms with van der Waals surface area (Å²) in [6, 6.07) is 6.28. The first-order valence-corrected chi connectivity index (χ1v) is 7.85. The highest BCUT2D eigenvalue weighted by atomic mass is 32.1. The minimum atomic E-state index is -0.0538. The molecule has 0 bridgehead atoms. The van der Waals surface area contributed by atoms with Gasteiger partial charge in [-0.3, -0.25) is 4.79 Å². The van der Waals surface area contributed by atoms with Crippen molar-refractivity contribution in [2.24, 2.45) is 5.92 Å². The maximum absolute atomic E-state index is 12.4. The van der Waals surface area contributed by atoms with Crippen molar-refractivity contribution in [1.29, 1.82) is 0 Å². The van der Waals surface area contributed by atoms with E-state index < -0.39 is 0 Å². The number of carbonyl (C=O) groups excluding carboxylic acids is 1. The maximum atomic E-state index is 12.4. The predicted molar refractivity (Wildman–Crippen MR) is 87.4 cm³/mol. The number of nitrogen functional groups attached to an aromatic ring is 1. The van der Waals surface area contributed by atoms with E-state index in [4.69, 9.17) is 5.73 Å². The van der Waals surface area contributed by atoms with Crippen LogP contribution in [0.1, 0.15) is 42.4 Å². The quantitative estimate of drug-likeness (QED) is 0.895. The summed E-state index contributed by atoms with van der Waals surface area (Å²) in [6.45, 7) is 8.36. The molecule has 0 spiro atoms. The van der Waals surface area contributed by atoms with Gasteiger partial charge in [-0.2, -0.15) is 0 Å². The number of nitrogens with one attached hydrogen (secondary N) is 1. The van der Waals surface area contributed by atoms with Gasteiger partial charge in [0.05, 0.1) is 5.69 Å². The van der Waals surface area contributed by atoms with Crippen LogP contribution >= 0.6 is 11.3 Å². The van der Waals surface area contributed by atoms with Crippen molar-refractivity contribution in [2.45, 2.75) is 40.2 Å². The first-order chi connectivity index (χ1) is 9.43. The van der Waals surface area contributed by atoms with E-state index in [1.54, 1.807) is 0 Å². The lowest BCUT2D eigenvalue weighted by atomic mass is 10.0. The van der Waals surface area contributed by atoms with Crippen LogP contribution in [0.4, 0.5) is 5.69 Å². The van der Waals surface area contributed by atoms with Crippen LogP contribution in [-0.2, 0) is 0 Å². The molecule has 0 aliphatic heterocycles. The van der Waals surface area contributed by atoms with Crippen LogP contribution in [-0.4, -0.2) is 11.9 Å². The third-order valence-corrected chi connectivity index (χ3v) is 4.82. The van der Waals surface area contributed by atoms with Crippen LogP contribution in [0.25, 0.3) is 10.1 Å². The molecule has 1 heterocycles. The Kier molecular flexibility index (Phi) is 4.33. The first kappa shape index (κ1) is 14.9. The lowest BCUT2D eigenvalue weighted by Crippen LogP contribution is -2.37. The van der Waals surface area contributed by atoms with Gasteiger partial charge in [-0.25, -0.2) is 0 Å². The van der Waals surface area contributed by atoms with Crippen molar-refractivity contribution in [3.8, 4) is 0 Å². The van der Waals surface area contributed by atoms with Gasteiger partial charge in [0.1, 0.15) is 4.88 Å². The molecule has 0 saturated carbocycles. The Morgan fingerprint density at radius 3 is 2.70 bits per heavy atom. The van der Waals surface area contributed by atoms with Crippen LogP contribution in [0.5, 0.6) is 0 Å². The summed E-state index contributed by atoms with van der Waals surface area (Å²) in [5.41, 5.74) is 7.91. The second-order valence-corrected chi connectivity index (χ2v) is 6.63. The van der Waals surface area contributed by atoms with Gasteiger partial charge in [0, 0.05) is 16.1 Å². The summed E-state index contributed by atoms with van der Waals surface area (Å²) >= 11 is 1.47. The van der Waals surface area contributed by atoms with Gasteiger partial charge in [0.25, 0.3) is 5.91 Å². The molecular formula is C16H22N2OS. The van der Waals surface area contributed by atoms with Crippen molar-refractivity contribution in [1.82, 2.24) is 5.32 Å². The van der Waals surface area contributed by atoms with Crippen LogP contribution < -0.4 is 11.1 Å². The normalized spacial score (nSPS) is 12.8. The fourth-order valence-electron chi connectivity index (χ4n) is 2.37. The van der Waals surface area contributed by atoms with E-state index in [0.29, 0.717) is 16.5 Å². The molecule has 0 fully saturated rings. The third-order valence-electron chi connectivity index (χ3n) is 3.65. The number of fused-ring (bicyclic) bond motifs is 1. The largest absolute Gasteiger partial charge is 0.397 e. The Morgan fingerprint density at radius 2 is 2.10 bits per heavy atom. The number of aryl methyl sites for hydroxylation is 1. The van der Waals surface area contributed by atoms with E-state index in [-0.39, 0.29) is 11.9 Å². The van der Waals surface area contributed by atoms with Gasteiger partial charge in [0.2, 0.25) is 0 Å². The average Bonchev–Trinajstić information content (AvgIpc) is 2.72. The number of amides is 1. The monoisotopic (exact) mass is 290 g/mol. The molecule has 108 valence electrons. The van der Waals surface area contributed by atoms with E-state index in [1.807, 2.05) is 19.1 Å². The van der Waals surface area contributed by atoms with Crippen LogP contribution in [0.3, 0.4) is 0 Å². The Bertz CT molecular complexity index is 631.